The van der Waals surface area contributed by atoms with E-state index in [-0.39, 0.29) is 0 Å². The Morgan fingerprint density at radius 2 is 1.86 bits per heavy atom. The van der Waals surface area contributed by atoms with Crippen molar-refractivity contribution in [1.82, 2.24) is 0 Å². The summed E-state index contributed by atoms with van der Waals surface area (Å²) in [6.45, 7) is 2.17. The molecule has 0 aromatic heterocycles. The van der Waals surface area contributed by atoms with Crippen LogP contribution in [0, 0.1) is 29.6 Å². The Hall–Kier alpha value is -0.330. The number of carbonyl (C=O) groups excluding carboxylic acids is 1. The van der Waals surface area contributed by atoms with Gasteiger partial charge in [-0.3, -0.25) is 4.79 Å². The van der Waals surface area contributed by atoms with Crippen LogP contribution in [0.25, 0.3) is 0 Å². The van der Waals surface area contributed by atoms with Crippen molar-refractivity contribution in [1.29, 1.82) is 0 Å². The molecule has 2 bridgehead atoms. The first-order valence-electron chi connectivity index (χ1n) is 6.35. The van der Waals surface area contributed by atoms with E-state index in [1.807, 2.05) is 0 Å². The van der Waals surface area contributed by atoms with E-state index in [0.717, 1.165) is 36.5 Å². The predicted molar refractivity (Wildman–Crippen MR) is 55.8 cm³/mol. The van der Waals surface area contributed by atoms with Crippen LogP contribution in [0.1, 0.15) is 45.4 Å². The van der Waals surface area contributed by atoms with Crippen LogP contribution in [0.3, 0.4) is 0 Å². The zero-order valence-electron chi connectivity index (χ0n) is 9.04. The average molecular weight is 192 g/mol. The van der Waals surface area contributed by atoms with Crippen LogP contribution >= 0.6 is 0 Å². The minimum absolute atomic E-state index is 0.535. The molecule has 78 valence electrons. The summed E-state index contributed by atoms with van der Waals surface area (Å²) in [7, 11) is 0. The molecule has 1 heteroatoms. The standard InChI is InChI=1S/C13H20O/c1-2-3-4-10(14)13-11-8-5-6-9(7-8)12(11)13/h8-9,11-13H,2-7H2,1H3. The van der Waals surface area contributed by atoms with Gasteiger partial charge in [0.1, 0.15) is 5.78 Å². The largest absolute Gasteiger partial charge is 0.299 e. The molecule has 0 heterocycles. The minimum Gasteiger partial charge on any atom is -0.299 e. The van der Waals surface area contributed by atoms with Crippen molar-refractivity contribution in [3.8, 4) is 0 Å². The molecule has 0 N–H and O–H groups in total. The summed E-state index contributed by atoms with van der Waals surface area (Å²) in [5.74, 6) is 4.78. The normalized spacial score (nSPS) is 47.9. The van der Waals surface area contributed by atoms with Gasteiger partial charge >= 0.3 is 0 Å². The molecule has 0 aromatic rings. The number of hydrogen-bond donors (Lipinski definition) is 0. The molecule has 3 aliphatic rings. The number of ketones is 1. The molecule has 4 unspecified atom stereocenters. The first kappa shape index (κ1) is 8.94. The average Bonchev–Trinajstić information content (AvgIpc) is 2.64. The Balaban J connectivity index is 1.60. The molecule has 0 radical (unpaired) electrons. The van der Waals surface area contributed by atoms with E-state index < -0.39 is 0 Å². The van der Waals surface area contributed by atoms with E-state index >= 15 is 0 Å². The Labute approximate surface area is 86.3 Å². The van der Waals surface area contributed by atoms with Gasteiger partial charge in [0, 0.05) is 12.3 Å². The zero-order chi connectivity index (χ0) is 9.71. The summed E-state index contributed by atoms with van der Waals surface area (Å²) in [4.78, 5) is 11.9. The van der Waals surface area contributed by atoms with Gasteiger partial charge < -0.3 is 0 Å². The van der Waals surface area contributed by atoms with Gasteiger partial charge in [-0.05, 0) is 49.4 Å². The lowest BCUT2D eigenvalue weighted by atomic mass is 9.97. The smallest absolute Gasteiger partial charge is 0.136 e. The summed E-state index contributed by atoms with van der Waals surface area (Å²) in [5.41, 5.74) is 0. The van der Waals surface area contributed by atoms with Gasteiger partial charge in [-0.25, -0.2) is 0 Å². The fourth-order valence-corrected chi connectivity index (χ4v) is 4.27. The highest BCUT2D eigenvalue weighted by Gasteiger charge is 2.66. The second-order valence-electron chi connectivity index (χ2n) is 5.58. The number of hydrogen-bond acceptors (Lipinski definition) is 1. The van der Waals surface area contributed by atoms with Crippen LogP contribution in [0.2, 0.25) is 0 Å². The van der Waals surface area contributed by atoms with Gasteiger partial charge in [0.05, 0.1) is 0 Å². The van der Waals surface area contributed by atoms with Crippen LogP contribution in [0.5, 0.6) is 0 Å². The number of rotatable bonds is 4. The number of Topliss-reactive ketones (excluding diaryl/α,β-unsaturated/α-hetero) is 1. The number of carbonyl (C=O) groups is 1. The molecular weight excluding hydrogens is 172 g/mol. The molecule has 0 saturated heterocycles. The molecule has 0 aliphatic heterocycles. The highest BCUT2D eigenvalue weighted by Crippen LogP contribution is 2.69. The maximum absolute atomic E-state index is 11.9. The molecule has 3 saturated carbocycles. The number of unbranched alkanes of at least 4 members (excludes halogenated alkanes) is 1. The highest BCUT2D eigenvalue weighted by atomic mass is 16.1. The Bertz CT molecular complexity index is 242. The van der Waals surface area contributed by atoms with Crippen LogP contribution in [-0.2, 0) is 4.79 Å². The second kappa shape index (κ2) is 3.08. The van der Waals surface area contributed by atoms with E-state index in [0.29, 0.717) is 11.7 Å². The molecule has 14 heavy (non-hydrogen) atoms. The summed E-state index contributed by atoms with van der Waals surface area (Å²) >= 11 is 0. The van der Waals surface area contributed by atoms with Crippen molar-refractivity contribution in [2.45, 2.75) is 45.4 Å². The van der Waals surface area contributed by atoms with Gasteiger partial charge in [-0.1, -0.05) is 13.3 Å². The first-order valence-corrected chi connectivity index (χ1v) is 6.35. The summed E-state index contributed by atoms with van der Waals surface area (Å²) < 4.78 is 0. The maximum Gasteiger partial charge on any atom is 0.136 e. The van der Waals surface area contributed by atoms with Crippen LogP contribution in [0.15, 0.2) is 0 Å². The first-order chi connectivity index (χ1) is 6.83. The Kier molecular flexibility index (Phi) is 1.97. The van der Waals surface area contributed by atoms with Gasteiger partial charge in [-0.15, -0.1) is 0 Å². The van der Waals surface area contributed by atoms with Gasteiger partial charge in [0.15, 0.2) is 0 Å². The van der Waals surface area contributed by atoms with Crippen molar-refractivity contribution in [3.05, 3.63) is 0 Å². The van der Waals surface area contributed by atoms with Gasteiger partial charge in [0.2, 0.25) is 0 Å². The molecule has 0 spiro atoms. The van der Waals surface area contributed by atoms with E-state index in [2.05, 4.69) is 6.92 Å². The molecule has 4 atom stereocenters. The fraction of sp³-hybridized carbons (Fsp3) is 0.923. The lowest BCUT2D eigenvalue weighted by Gasteiger charge is -2.06. The molecular formula is C13H20O. The zero-order valence-corrected chi connectivity index (χ0v) is 9.04. The fourth-order valence-electron chi connectivity index (χ4n) is 4.27. The topological polar surface area (TPSA) is 17.1 Å². The predicted octanol–water partition coefficient (Wildman–Crippen LogP) is 3.04. The molecule has 3 aliphatic carbocycles. The number of fused-ring (bicyclic) bond motifs is 5. The van der Waals surface area contributed by atoms with Crippen molar-refractivity contribution < 1.29 is 4.79 Å². The quantitative estimate of drug-likeness (QED) is 0.669. The third kappa shape index (κ3) is 1.11. The van der Waals surface area contributed by atoms with Crippen molar-refractivity contribution in [2.75, 3.05) is 0 Å². The second-order valence-corrected chi connectivity index (χ2v) is 5.58. The SMILES string of the molecule is CCCCC(=O)C1C2C3CCC(C3)C12. The molecule has 3 rings (SSSR count). The van der Waals surface area contributed by atoms with Crippen molar-refractivity contribution in [2.24, 2.45) is 29.6 Å². The minimum atomic E-state index is 0.535. The van der Waals surface area contributed by atoms with E-state index in [4.69, 9.17) is 0 Å². The van der Waals surface area contributed by atoms with Crippen molar-refractivity contribution in [3.63, 3.8) is 0 Å². The summed E-state index contributed by atoms with van der Waals surface area (Å²) in [6.07, 6.45) is 7.48. The van der Waals surface area contributed by atoms with Crippen LogP contribution in [-0.4, -0.2) is 5.78 Å². The molecule has 0 amide bonds. The lowest BCUT2D eigenvalue weighted by Crippen LogP contribution is -2.09. The Morgan fingerprint density at radius 1 is 1.21 bits per heavy atom. The van der Waals surface area contributed by atoms with Crippen molar-refractivity contribution >= 4 is 5.78 Å². The van der Waals surface area contributed by atoms with Gasteiger partial charge in [-0.2, -0.15) is 0 Å². The lowest BCUT2D eigenvalue weighted by molar-refractivity contribution is -0.121. The maximum atomic E-state index is 11.9. The summed E-state index contributed by atoms with van der Waals surface area (Å²) in [6, 6.07) is 0. The third-order valence-electron chi connectivity index (χ3n) is 4.88. The molecule has 0 aromatic carbocycles. The molecule has 3 fully saturated rings. The van der Waals surface area contributed by atoms with E-state index in [1.54, 1.807) is 0 Å². The van der Waals surface area contributed by atoms with E-state index in [9.17, 15) is 4.79 Å². The highest BCUT2D eigenvalue weighted by molar-refractivity contribution is 5.84. The van der Waals surface area contributed by atoms with Crippen LogP contribution in [0.4, 0.5) is 0 Å². The van der Waals surface area contributed by atoms with E-state index in [1.165, 1.54) is 25.7 Å². The Morgan fingerprint density at radius 3 is 2.43 bits per heavy atom. The summed E-state index contributed by atoms with van der Waals surface area (Å²) in [5, 5.41) is 0. The monoisotopic (exact) mass is 192 g/mol. The van der Waals surface area contributed by atoms with Gasteiger partial charge in [0.25, 0.3) is 0 Å². The van der Waals surface area contributed by atoms with Crippen LogP contribution < -0.4 is 0 Å². The molecule has 1 nitrogen and oxygen atoms in total. The third-order valence-corrected chi connectivity index (χ3v) is 4.88.